The lowest BCUT2D eigenvalue weighted by Gasteiger charge is -2.13. The summed E-state index contributed by atoms with van der Waals surface area (Å²) in [6.07, 6.45) is 0. The fourth-order valence-corrected chi connectivity index (χ4v) is 3.56. The molecule has 0 spiro atoms. The first-order valence-corrected chi connectivity index (χ1v) is 7.54. The van der Waals surface area contributed by atoms with E-state index in [1.165, 1.54) is 23.1 Å². The molecule has 1 fully saturated rings. The second-order valence-electron chi connectivity index (χ2n) is 4.56. The molecule has 0 atom stereocenters. The molecule has 1 aromatic rings. The Morgan fingerprint density at radius 2 is 2.14 bits per heavy atom. The van der Waals surface area contributed by atoms with Crippen molar-refractivity contribution < 1.29 is 14.5 Å². The van der Waals surface area contributed by atoms with E-state index in [1.807, 2.05) is 0 Å². The molecular weight excluding hydrogens is 326 g/mol. The van der Waals surface area contributed by atoms with Gasteiger partial charge in [-0.15, -0.1) is 0 Å². The van der Waals surface area contributed by atoms with Crippen molar-refractivity contribution in [2.24, 2.45) is 0 Å². The third-order valence-corrected chi connectivity index (χ3v) is 4.60. The van der Waals surface area contributed by atoms with Gasteiger partial charge in [0.25, 0.3) is 17.5 Å². The Bertz CT molecular complexity index is 787. The molecule has 0 aromatic heterocycles. The number of fused-ring (bicyclic) bond motifs is 1. The van der Waals surface area contributed by atoms with Gasteiger partial charge in [0.2, 0.25) is 0 Å². The van der Waals surface area contributed by atoms with Crippen molar-refractivity contribution in [2.75, 3.05) is 11.4 Å². The third-order valence-electron chi connectivity index (χ3n) is 3.37. The van der Waals surface area contributed by atoms with Gasteiger partial charge in [-0.2, -0.15) is 0 Å². The molecule has 0 radical (unpaired) electrons. The number of thiocarbonyl (C=S) groups is 1. The number of nitrogens with zero attached hydrogens (tertiary/aromatic N) is 2. The molecule has 2 aliphatic rings. The average molecular weight is 335 g/mol. The van der Waals surface area contributed by atoms with Crippen LogP contribution < -0.4 is 10.2 Å². The molecule has 0 aliphatic carbocycles. The number of nitro groups is 1. The number of nitrogens with one attached hydrogen (secondary N) is 1. The van der Waals surface area contributed by atoms with Crippen LogP contribution in [-0.2, 0) is 9.59 Å². The molecule has 22 heavy (non-hydrogen) atoms. The molecular formula is C13H9N3O4S2. The first kappa shape index (κ1) is 14.7. The van der Waals surface area contributed by atoms with Gasteiger partial charge in [-0.3, -0.25) is 19.7 Å². The Labute approximate surface area is 134 Å². The van der Waals surface area contributed by atoms with E-state index in [4.69, 9.17) is 12.2 Å². The number of thioether (sulfide) groups is 1. The van der Waals surface area contributed by atoms with Crippen LogP contribution in [0.15, 0.2) is 23.1 Å². The van der Waals surface area contributed by atoms with E-state index in [2.05, 4.69) is 5.32 Å². The molecule has 3 rings (SSSR count). The highest BCUT2D eigenvalue weighted by molar-refractivity contribution is 8.27. The fourth-order valence-electron chi connectivity index (χ4n) is 2.44. The Morgan fingerprint density at radius 3 is 2.68 bits per heavy atom. The van der Waals surface area contributed by atoms with Crippen LogP contribution in [0.2, 0.25) is 0 Å². The molecule has 1 saturated heterocycles. The normalized spacial score (nSPS) is 20.4. The van der Waals surface area contributed by atoms with Gasteiger partial charge in [0, 0.05) is 24.2 Å². The van der Waals surface area contributed by atoms with Crippen LogP contribution in [0.1, 0.15) is 12.5 Å². The van der Waals surface area contributed by atoms with Crippen LogP contribution in [-0.4, -0.2) is 27.6 Å². The largest absolute Gasteiger partial charge is 0.308 e. The van der Waals surface area contributed by atoms with Gasteiger partial charge in [0.15, 0.2) is 0 Å². The van der Waals surface area contributed by atoms with Crippen molar-refractivity contribution in [1.82, 2.24) is 5.32 Å². The molecule has 112 valence electrons. The highest BCUT2D eigenvalue weighted by atomic mass is 32.2. The van der Waals surface area contributed by atoms with Gasteiger partial charge >= 0.3 is 0 Å². The van der Waals surface area contributed by atoms with Crippen LogP contribution in [0, 0.1) is 10.1 Å². The van der Waals surface area contributed by atoms with Crippen LogP contribution >= 0.6 is 24.0 Å². The molecule has 0 bridgehead atoms. The summed E-state index contributed by atoms with van der Waals surface area (Å²) >= 11 is 5.93. The summed E-state index contributed by atoms with van der Waals surface area (Å²) in [7, 11) is 0. The van der Waals surface area contributed by atoms with Gasteiger partial charge in [-0.1, -0.05) is 24.0 Å². The van der Waals surface area contributed by atoms with Crippen molar-refractivity contribution in [1.29, 1.82) is 0 Å². The van der Waals surface area contributed by atoms with E-state index in [1.54, 1.807) is 6.92 Å². The zero-order valence-electron chi connectivity index (χ0n) is 11.3. The summed E-state index contributed by atoms with van der Waals surface area (Å²) < 4.78 is 0.266. The van der Waals surface area contributed by atoms with Gasteiger partial charge in [-0.25, -0.2) is 0 Å². The summed E-state index contributed by atoms with van der Waals surface area (Å²) in [5, 5.41) is 13.4. The lowest BCUT2D eigenvalue weighted by Crippen LogP contribution is -2.26. The van der Waals surface area contributed by atoms with Crippen molar-refractivity contribution in [3.8, 4) is 0 Å². The van der Waals surface area contributed by atoms with Crippen molar-refractivity contribution >= 4 is 57.1 Å². The Kier molecular flexibility index (Phi) is 3.45. The highest BCUT2D eigenvalue weighted by Crippen LogP contribution is 2.43. The fraction of sp³-hybridized carbons (Fsp3) is 0.154. The first-order valence-electron chi connectivity index (χ1n) is 6.32. The number of carbonyl (C=O) groups excluding carboxylic acids is 2. The minimum Gasteiger partial charge on any atom is -0.308 e. The summed E-state index contributed by atoms with van der Waals surface area (Å²) in [5.74, 6) is -0.797. The highest BCUT2D eigenvalue weighted by Gasteiger charge is 2.39. The summed E-state index contributed by atoms with van der Waals surface area (Å²) in [6.45, 7) is 2.19. The number of likely N-dealkylation sites (N-methyl/N-ethyl adjacent to an activating group) is 1. The van der Waals surface area contributed by atoms with E-state index in [-0.39, 0.29) is 26.4 Å². The van der Waals surface area contributed by atoms with E-state index in [9.17, 15) is 19.7 Å². The summed E-state index contributed by atoms with van der Waals surface area (Å²) in [4.78, 5) is 36.6. The number of non-ortho nitro benzene ring substituents is 1. The molecule has 7 nitrogen and oxygen atoms in total. The van der Waals surface area contributed by atoms with Gasteiger partial charge in [0.05, 0.1) is 21.1 Å². The van der Waals surface area contributed by atoms with E-state index < -0.39 is 10.8 Å². The number of anilines is 1. The minimum atomic E-state index is -0.534. The molecule has 2 amide bonds. The number of hydrogen-bond acceptors (Lipinski definition) is 6. The molecule has 2 aliphatic heterocycles. The first-order chi connectivity index (χ1) is 10.4. The van der Waals surface area contributed by atoms with E-state index >= 15 is 0 Å². The monoisotopic (exact) mass is 335 g/mol. The minimum absolute atomic E-state index is 0.131. The van der Waals surface area contributed by atoms with Crippen molar-refractivity contribution in [3.05, 3.63) is 38.8 Å². The zero-order valence-corrected chi connectivity index (χ0v) is 12.9. The lowest BCUT2D eigenvalue weighted by molar-refractivity contribution is -0.384. The van der Waals surface area contributed by atoms with Crippen LogP contribution in [0.4, 0.5) is 11.4 Å². The van der Waals surface area contributed by atoms with Crippen molar-refractivity contribution in [3.63, 3.8) is 0 Å². The molecule has 1 N–H and O–H groups in total. The van der Waals surface area contributed by atoms with Gasteiger partial charge in [0.1, 0.15) is 4.32 Å². The third kappa shape index (κ3) is 2.09. The van der Waals surface area contributed by atoms with Crippen LogP contribution in [0.25, 0.3) is 5.57 Å². The number of rotatable bonds is 2. The number of nitro benzene ring substituents is 1. The SMILES string of the molecule is CCN1C(=O)C(=C2SC(=S)NC2=O)c2cc([N+](=O)[O-])ccc21. The van der Waals surface area contributed by atoms with Crippen LogP contribution in [0.3, 0.4) is 0 Å². The molecule has 0 unspecified atom stereocenters. The summed E-state index contributed by atoms with van der Waals surface area (Å²) in [6, 6.07) is 4.19. The molecule has 2 heterocycles. The van der Waals surface area contributed by atoms with E-state index in [0.717, 1.165) is 11.8 Å². The molecule has 1 aromatic carbocycles. The topological polar surface area (TPSA) is 92.6 Å². The van der Waals surface area contributed by atoms with Crippen LogP contribution in [0.5, 0.6) is 0 Å². The Balaban J connectivity index is 2.26. The maximum atomic E-state index is 12.6. The molecule has 0 saturated carbocycles. The summed E-state index contributed by atoms with van der Waals surface area (Å²) in [5.41, 5.74) is 0.992. The van der Waals surface area contributed by atoms with Gasteiger partial charge in [-0.05, 0) is 13.0 Å². The predicted molar refractivity (Wildman–Crippen MR) is 86.4 cm³/mol. The second kappa shape index (κ2) is 5.18. The Morgan fingerprint density at radius 1 is 1.41 bits per heavy atom. The lowest BCUT2D eigenvalue weighted by atomic mass is 10.1. The standard InChI is InChI=1S/C13H9N3O4S2/c1-2-15-8-4-3-6(16(19)20)5-7(8)9(12(15)18)10-11(17)14-13(21)22-10/h3-5H,2H2,1H3,(H,14,17,21). The maximum Gasteiger partial charge on any atom is 0.270 e. The molecule has 9 heteroatoms. The Hall–Kier alpha value is -2.26. The van der Waals surface area contributed by atoms with Gasteiger partial charge < -0.3 is 10.2 Å². The second-order valence-corrected chi connectivity index (χ2v) is 6.24. The number of amides is 2. The predicted octanol–water partition coefficient (Wildman–Crippen LogP) is 1.82. The van der Waals surface area contributed by atoms with E-state index in [0.29, 0.717) is 17.8 Å². The smallest absolute Gasteiger partial charge is 0.270 e. The maximum absolute atomic E-state index is 12.6. The number of benzene rings is 1. The van der Waals surface area contributed by atoms with Crippen molar-refractivity contribution in [2.45, 2.75) is 6.92 Å². The quantitative estimate of drug-likeness (QED) is 0.383. The zero-order chi connectivity index (χ0) is 16.0. The number of hydrogen-bond donors (Lipinski definition) is 1. The average Bonchev–Trinajstić information content (AvgIpc) is 2.93. The number of carbonyl (C=O) groups is 2.